The quantitative estimate of drug-likeness (QED) is 0.546. The van der Waals surface area contributed by atoms with Crippen molar-refractivity contribution in [1.29, 1.82) is 0 Å². The fourth-order valence-electron chi connectivity index (χ4n) is 5.92. The summed E-state index contributed by atoms with van der Waals surface area (Å²) < 4.78 is 27.9. The van der Waals surface area contributed by atoms with E-state index < -0.39 is 23.8 Å². The first-order valence-electron chi connectivity index (χ1n) is 12.5. The minimum Gasteiger partial charge on any atom is -0.337 e. The third-order valence-electron chi connectivity index (χ3n) is 7.87. The first-order valence-corrected chi connectivity index (χ1v) is 12.9. The molecule has 2 aromatic heterocycles. The molecule has 198 valence electrons. The lowest BCUT2D eigenvalue weighted by Crippen LogP contribution is -2.53. The number of H-pyrrole nitrogens is 1. The summed E-state index contributed by atoms with van der Waals surface area (Å²) in [6, 6.07) is 8.52. The number of carbonyl (C=O) groups is 3. The van der Waals surface area contributed by atoms with E-state index in [9.17, 15) is 23.2 Å². The van der Waals surface area contributed by atoms with Gasteiger partial charge in [0.05, 0.1) is 29.4 Å². The zero-order valence-corrected chi connectivity index (χ0v) is 21.2. The second-order valence-corrected chi connectivity index (χ2v) is 10.6. The number of halogens is 3. The number of aromatic nitrogens is 3. The number of carbonyl (C=O) groups excluding carboxylic acids is 3. The topological polar surface area (TPSA) is 102 Å². The minimum absolute atomic E-state index is 0.214. The van der Waals surface area contributed by atoms with Gasteiger partial charge in [0.1, 0.15) is 17.8 Å². The van der Waals surface area contributed by atoms with Crippen LogP contribution in [0.3, 0.4) is 0 Å². The Hall–Kier alpha value is -3.60. The van der Waals surface area contributed by atoms with Crippen LogP contribution in [-0.4, -0.2) is 81.3 Å². The SMILES string of the molecule is O=C(CN1C(=O)C2(CCN(C(=O)c3ccc4[nH]ncc4n3)CC2)c2c(Cl)cccc21)N1CCCC(F)(F)C1. The number of nitrogens with one attached hydrogen (secondary N) is 1. The summed E-state index contributed by atoms with van der Waals surface area (Å²) in [4.78, 5) is 48.7. The summed E-state index contributed by atoms with van der Waals surface area (Å²) in [5, 5.41) is 7.14. The normalized spacial score (nSPS) is 20.3. The van der Waals surface area contributed by atoms with Crippen LogP contribution in [0.5, 0.6) is 0 Å². The van der Waals surface area contributed by atoms with Crippen LogP contribution in [0.4, 0.5) is 14.5 Å². The van der Waals surface area contributed by atoms with Gasteiger partial charge in [-0.3, -0.25) is 19.5 Å². The number of rotatable bonds is 3. The second kappa shape index (κ2) is 9.00. The molecule has 12 heteroatoms. The molecule has 3 aromatic rings. The largest absolute Gasteiger partial charge is 0.337 e. The van der Waals surface area contributed by atoms with Crippen LogP contribution in [0.1, 0.15) is 41.7 Å². The average molecular weight is 543 g/mol. The van der Waals surface area contributed by atoms with Gasteiger partial charge in [-0.25, -0.2) is 13.8 Å². The van der Waals surface area contributed by atoms with Crippen LogP contribution in [-0.2, 0) is 15.0 Å². The first kappa shape index (κ1) is 24.7. The molecule has 38 heavy (non-hydrogen) atoms. The van der Waals surface area contributed by atoms with Crippen molar-refractivity contribution in [2.24, 2.45) is 0 Å². The Labute approximate surface area is 221 Å². The highest BCUT2D eigenvalue weighted by Crippen LogP contribution is 2.51. The molecule has 0 radical (unpaired) electrons. The third kappa shape index (κ3) is 4.00. The van der Waals surface area contributed by atoms with Crippen molar-refractivity contribution in [1.82, 2.24) is 25.0 Å². The molecule has 6 rings (SSSR count). The maximum atomic E-state index is 13.9. The van der Waals surface area contributed by atoms with E-state index in [0.29, 0.717) is 47.7 Å². The highest BCUT2D eigenvalue weighted by molar-refractivity contribution is 6.33. The molecule has 0 saturated carbocycles. The molecule has 2 saturated heterocycles. The number of hydrogen-bond donors (Lipinski definition) is 1. The number of hydrogen-bond acceptors (Lipinski definition) is 5. The summed E-state index contributed by atoms with van der Waals surface area (Å²) in [7, 11) is 0. The summed E-state index contributed by atoms with van der Waals surface area (Å²) in [5.41, 5.74) is 1.75. The lowest BCUT2D eigenvalue weighted by molar-refractivity contribution is -0.141. The van der Waals surface area contributed by atoms with Crippen LogP contribution < -0.4 is 4.90 Å². The maximum Gasteiger partial charge on any atom is 0.272 e. The first-order chi connectivity index (χ1) is 18.2. The highest BCUT2D eigenvalue weighted by atomic mass is 35.5. The Morgan fingerprint density at radius 1 is 1.05 bits per heavy atom. The molecule has 3 aliphatic rings. The van der Waals surface area contributed by atoms with Gasteiger partial charge in [0.25, 0.3) is 11.8 Å². The molecule has 3 amide bonds. The summed E-state index contributed by atoms with van der Waals surface area (Å²) in [6.07, 6.45) is 2.14. The molecule has 2 fully saturated rings. The van der Waals surface area contributed by atoms with E-state index in [-0.39, 0.29) is 43.4 Å². The summed E-state index contributed by atoms with van der Waals surface area (Å²) >= 11 is 6.61. The Morgan fingerprint density at radius 2 is 1.84 bits per heavy atom. The molecule has 5 heterocycles. The highest BCUT2D eigenvalue weighted by Gasteiger charge is 2.54. The van der Waals surface area contributed by atoms with Gasteiger partial charge in [0.15, 0.2) is 0 Å². The molecule has 3 aliphatic heterocycles. The lowest BCUT2D eigenvalue weighted by atomic mass is 9.73. The van der Waals surface area contributed by atoms with Crippen LogP contribution >= 0.6 is 11.6 Å². The van der Waals surface area contributed by atoms with Crippen molar-refractivity contribution < 1.29 is 23.2 Å². The Morgan fingerprint density at radius 3 is 2.61 bits per heavy atom. The minimum atomic E-state index is -2.93. The van der Waals surface area contributed by atoms with Gasteiger partial charge in [0, 0.05) is 36.6 Å². The number of nitrogens with zero attached hydrogens (tertiary/aromatic N) is 5. The second-order valence-electron chi connectivity index (χ2n) is 10.2. The molecule has 0 atom stereocenters. The molecule has 9 nitrogen and oxygen atoms in total. The summed E-state index contributed by atoms with van der Waals surface area (Å²) in [6.45, 7) is -0.154. The van der Waals surface area contributed by atoms with Gasteiger partial charge in [-0.15, -0.1) is 0 Å². The number of alkyl halides is 2. The number of likely N-dealkylation sites (tertiary alicyclic amines) is 2. The van der Waals surface area contributed by atoms with Gasteiger partial charge in [-0.2, -0.15) is 5.10 Å². The van der Waals surface area contributed by atoms with Crippen molar-refractivity contribution in [3.05, 3.63) is 52.8 Å². The van der Waals surface area contributed by atoms with Gasteiger partial charge >= 0.3 is 0 Å². The number of piperidine rings is 2. The van der Waals surface area contributed by atoms with E-state index >= 15 is 0 Å². The molecule has 1 aromatic carbocycles. The number of pyridine rings is 1. The van der Waals surface area contributed by atoms with Crippen molar-refractivity contribution in [2.45, 2.75) is 37.0 Å². The predicted molar refractivity (Wildman–Crippen MR) is 135 cm³/mol. The van der Waals surface area contributed by atoms with E-state index in [2.05, 4.69) is 15.2 Å². The van der Waals surface area contributed by atoms with Crippen LogP contribution in [0.25, 0.3) is 11.0 Å². The molecule has 0 unspecified atom stereocenters. The zero-order valence-electron chi connectivity index (χ0n) is 20.4. The van der Waals surface area contributed by atoms with Crippen molar-refractivity contribution >= 4 is 46.0 Å². The van der Waals surface area contributed by atoms with Gasteiger partial charge in [-0.1, -0.05) is 17.7 Å². The number of anilines is 1. The number of aromatic amines is 1. The monoisotopic (exact) mass is 542 g/mol. The lowest BCUT2D eigenvalue weighted by Gasteiger charge is -2.39. The third-order valence-corrected chi connectivity index (χ3v) is 8.19. The number of benzene rings is 1. The van der Waals surface area contributed by atoms with Crippen molar-refractivity contribution in [2.75, 3.05) is 37.6 Å². The van der Waals surface area contributed by atoms with E-state index in [0.717, 1.165) is 10.4 Å². The standard InChI is InChI=1S/C26H25ClF2N6O3/c27-16-3-1-4-20-22(16)25(24(38)35(20)14-21(36)34-10-2-7-26(28,29)15-34)8-11-33(12-9-25)23(37)18-6-5-17-19(31-18)13-30-32-17/h1,3-6,13H,2,7-12,14-15H2,(H,30,32). The smallest absolute Gasteiger partial charge is 0.272 e. The van der Waals surface area contributed by atoms with E-state index in [1.54, 1.807) is 41.4 Å². The van der Waals surface area contributed by atoms with Crippen molar-refractivity contribution in [3.8, 4) is 0 Å². The van der Waals surface area contributed by atoms with Crippen LogP contribution in [0.2, 0.25) is 5.02 Å². The molecule has 0 bridgehead atoms. The fraction of sp³-hybridized carbons (Fsp3) is 0.423. The van der Waals surface area contributed by atoms with Gasteiger partial charge in [-0.05, 0) is 43.5 Å². The predicted octanol–water partition coefficient (Wildman–Crippen LogP) is 3.39. The fourth-order valence-corrected chi connectivity index (χ4v) is 6.27. The van der Waals surface area contributed by atoms with E-state index in [1.165, 1.54) is 4.90 Å². The Bertz CT molecular complexity index is 1450. The van der Waals surface area contributed by atoms with E-state index in [4.69, 9.17) is 11.6 Å². The van der Waals surface area contributed by atoms with Crippen LogP contribution in [0.15, 0.2) is 36.5 Å². The molecular weight excluding hydrogens is 518 g/mol. The van der Waals surface area contributed by atoms with E-state index in [1.807, 2.05) is 0 Å². The maximum absolute atomic E-state index is 13.9. The van der Waals surface area contributed by atoms with Crippen molar-refractivity contribution in [3.63, 3.8) is 0 Å². The molecule has 0 aliphatic carbocycles. The Balaban J connectivity index is 1.23. The van der Waals surface area contributed by atoms with Crippen LogP contribution in [0, 0.1) is 0 Å². The number of fused-ring (bicyclic) bond motifs is 3. The summed E-state index contributed by atoms with van der Waals surface area (Å²) in [5.74, 6) is -3.98. The molecule has 1 spiro atoms. The number of amides is 3. The van der Waals surface area contributed by atoms with Gasteiger partial charge in [0.2, 0.25) is 11.8 Å². The zero-order chi connectivity index (χ0) is 26.7. The average Bonchev–Trinajstić information content (AvgIpc) is 3.46. The molecule has 1 N–H and O–H groups in total. The van der Waals surface area contributed by atoms with Gasteiger partial charge < -0.3 is 14.7 Å². The molecular formula is C26H25ClF2N6O3. The Kier molecular flexibility index (Phi) is 5.86.